The fourth-order valence-electron chi connectivity index (χ4n) is 1.94. The summed E-state index contributed by atoms with van der Waals surface area (Å²) >= 11 is 7.23. The number of nitrogens with zero attached hydrogens (tertiary/aromatic N) is 1. The summed E-state index contributed by atoms with van der Waals surface area (Å²) in [5, 5.41) is 1.00. The summed E-state index contributed by atoms with van der Waals surface area (Å²) in [6.45, 7) is 0. The smallest absolute Gasteiger partial charge is 0.279 e. The van der Waals surface area contributed by atoms with Crippen LogP contribution < -0.4 is 10.5 Å². The van der Waals surface area contributed by atoms with Gasteiger partial charge in [-0.05, 0) is 29.8 Å². The highest BCUT2D eigenvalue weighted by Crippen LogP contribution is 2.33. The Morgan fingerprint density at radius 1 is 1.32 bits per heavy atom. The van der Waals surface area contributed by atoms with Crippen LogP contribution in [0.25, 0.3) is 10.2 Å². The van der Waals surface area contributed by atoms with Gasteiger partial charge >= 0.3 is 0 Å². The third-order valence-corrected chi connectivity index (χ3v) is 4.06. The number of nitrogens with two attached hydrogens (primary N) is 1. The van der Waals surface area contributed by atoms with Crippen molar-refractivity contribution in [2.75, 3.05) is 0 Å². The van der Waals surface area contributed by atoms with Gasteiger partial charge in [-0.3, -0.25) is 4.79 Å². The van der Waals surface area contributed by atoms with Gasteiger partial charge in [-0.1, -0.05) is 29.0 Å². The largest absolute Gasteiger partial charge is 0.431 e. The Morgan fingerprint density at radius 3 is 2.86 bits per heavy atom. The molecule has 0 saturated heterocycles. The number of ether oxygens (including phenoxy) is 1. The van der Waals surface area contributed by atoms with Gasteiger partial charge in [-0.25, -0.2) is 9.37 Å². The Kier molecular flexibility index (Phi) is 3.96. The van der Waals surface area contributed by atoms with E-state index in [-0.39, 0.29) is 12.0 Å². The lowest BCUT2D eigenvalue weighted by Gasteiger charge is -2.04. The predicted octanol–water partition coefficient (Wildman–Crippen LogP) is 3.91. The van der Waals surface area contributed by atoms with Crippen molar-refractivity contribution in [2.45, 2.75) is 6.42 Å². The third kappa shape index (κ3) is 3.18. The van der Waals surface area contributed by atoms with Crippen molar-refractivity contribution < 1.29 is 13.9 Å². The topological polar surface area (TPSA) is 65.2 Å². The van der Waals surface area contributed by atoms with Crippen molar-refractivity contribution in [3.8, 4) is 10.9 Å². The number of primary amides is 1. The van der Waals surface area contributed by atoms with Gasteiger partial charge in [-0.2, -0.15) is 0 Å². The minimum absolute atomic E-state index is 0.147. The van der Waals surface area contributed by atoms with Crippen LogP contribution in [-0.2, 0) is 11.2 Å². The van der Waals surface area contributed by atoms with E-state index in [0.717, 1.165) is 10.2 Å². The molecule has 0 aliphatic carbocycles. The quantitative estimate of drug-likeness (QED) is 0.785. The van der Waals surface area contributed by atoms with Gasteiger partial charge in [0.2, 0.25) is 5.91 Å². The van der Waals surface area contributed by atoms with E-state index in [2.05, 4.69) is 4.98 Å². The minimum Gasteiger partial charge on any atom is -0.431 e. The SMILES string of the molecule is NC(=O)Cc1ccc(Oc2nc3ccc(Cl)cc3s2)cc1F. The van der Waals surface area contributed by atoms with Crippen LogP contribution in [0, 0.1) is 5.82 Å². The molecule has 3 aromatic rings. The number of halogens is 2. The van der Waals surface area contributed by atoms with Crippen LogP contribution in [0.2, 0.25) is 5.02 Å². The van der Waals surface area contributed by atoms with E-state index < -0.39 is 11.7 Å². The number of amides is 1. The van der Waals surface area contributed by atoms with Gasteiger partial charge in [0.25, 0.3) is 5.19 Å². The third-order valence-electron chi connectivity index (χ3n) is 2.93. The molecule has 4 nitrogen and oxygen atoms in total. The first kappa shape index (κ1) is 14.7. The average Bonchev–Trinajstić information content (AvgIpc) is 2.82. The molecule has 0 fully saturated rings. The van der Waals surface area contributed by atoms with Crippen LogP contribution in [0.4, 0.5) is 4.39 Å². The van der Waals surface area contributed by atoms with Gasteiger partial charge in [0.05, 0.1) is 16.6 Å². The molecule has 1 aromatic heterocycles. The molecule has 0 bridgehead atoms. The summed E-state index contributed by atoms with van der Waals surface area (Å²) in [6.07, 6.45) is -0.147. The number of benzene rings is 2. The summed E-state index contributed by atoms with van der Waals surface area (Å²) in [4.78, 5) is 15.1. The van der Waals surface area contributed by atoms with E-state index in [1.165, 1.54) is 23.5 Å². The molecular formula is C15H10ClFN2O2S. The van der Waals surface area contributed by atoms with Crippen LogP contribution >= 0.6 is 22.9 Å². The van der Waals surface area contributed by atoms with Gasteiger partial charge in [0.1, 0.15) is 11.6 Å². The second-order valence-corrected chi connectivity index (χ2v) is 6.02. The molecule has 2 N–H and O–H groups in total. The molecule has 1 amide bonds. The van der Waals surface area contributed by atoms with E-state index in [9.17, 15) is 9.18 Å². The van der Waals surface area contributed by atoms with Gasteiger partial charge in [-0.15, -0.1) is 0 Å². The first-order valence-corrected chi connectivity index (χ1v) is 7.51. The fraction of sp³-hybridized carbons (Fsp3) is 0.0667. The molecule has 0 saturated carbocycles. The highest BCUT2D eigenvalue weighted by atomic mass is 35.5. The van der Waals surface area contributed by atoms with Gasteiger partial charge < -0.3 is 10.5 Å². The number of carbonyl (C=O) groups excluding carboxylic acids is 1. The zero-order valence-corrected chi connectivity index (χ0v) is 12.7. The van der Waals surface area contributed by atoms with Gasteiger partial charge in [0.15, 0.2) is 0 Å². The van der Waals surface area contributed by atoms with Crippen LogP contribution in [0.1, 0.15) is 5.56 Å². The van der Waals surface area contributed by atoms with Crippen LogP contribution in [0.15, 0.2) is 36.4 Å². The van der Waals surface area contributed by atoms with Crippen LogP contribution in [-0.4, -0.2) is 10.9 Å². The molecule has 0 spiro atoms. The molecule has 3 rings (SSSR count). The Morgan fingerprint density at radius 2 is 2.14 bits per heavy atom. The molecule has 112 valence electrons. The Labute approximate surface area is 134 Å². The lowest BCUT2D eigenvalue weighted by atomic mass is 10.1. The number of hydrogen-bond acceptors (Lipinski definition) is 4. The normalized spacial score (nSPS) is 10.8. The number of fused-ring (bicyclic) bond motifs is 1. The number of hydrogen-bond donors (Lipinski definition) is 1. The van der Waals surface area contributed by atoms with Crippen molar-refractivity contribution in [1.82, 2.24) is 4.98 Å². The lowest BCUT2D eigenvalue weighted by molar-refractivity contribution is -0.117. The molecule has 1 heterocycles. The molecule has 0 radical (unpaired) electrons. The monoisotopic (exact) mass is 336 g/mol. The summed E-state index contributed by atoms with van der Waals surface area (Å²) in [5.74, 6) is -0.827. The molecule has 0 aliphatic rings. The van der Waals surface area contributed by atoms with Crippen molar-refractivity contribution >= 4 is 39.1 Å². The molecular weight excluding hydrogens is 327 g/mol. The first-order valence-electron chi connectivity index (χ1n) is 6.32. The summed E-state index contributed by atoms with van der Waals surface area (Å²) < 4.78 is 20.3. The molecule has 0 unspecified atom stereocenters. The maximum Gasteiger partial charge on any atom is 0.279 e. The van der Waals surface area contributed by atoms with Crippen LogP contribution in [0.5, 0.6) is 10.9 Å². The number of thiazole rings is 1. The Bertz CT molecular complexity index is 866. The second-order valence-electron chi connectivity index (χ2n) is 4.59. The molecule has 0 aliphatic heterocycles. The van der Waals surface area contributed by atoms with E-state index >= 15 is 0 Å². The standard InChI is InChI=1S/C15H10ClFN2O2S/c16-9-2-4-12-13(6-9)22-15(19-12)21-10-3-1-8(5-14(18)20)11(17)7-10/h1-4,6-7H,5H2,(H2,18,20). The average molecular weight is 337 g/mol. The van der Waals surface area contributed by atoms with Crippen molar-refractivity contribution in [3.63, 3.8) is 0 Å². The van der Waals surface area contributed by atoms with E-state index in [4.69, 9.17) is 22.1 Å². The highest BCUT2D eigenvalue weighted by Gasteiger charge is 2.10. The maximum atomic E-state index is 13.8. The van der Waals surface area contributed by atoms with Gasteiger partial charge in [0, 0.05) is 11.1 Å². The molecule has 2 aromatic carbocycles. The number of carbonyl (C=O) groups is 1. The number of rotatable bonds is 4. The van der Waals surface area contributed by atoms with Crippen molar-refractivity contribution in [3.05, 3.63) is 52.8 Å². The maximum absolute atomic E-state index is 13.8. The molecule has 7 heteroatoms. The van der Waals surface area contributed by atoms with Crippen molar-refractivity contribution in [1.29, 1.82) is 0 Å². The Balaban J connectivity index is 1.85. The summed E-state index contributed by atoms with van der Waals surface area (Å²) in [6, 6.07) is 9.57. The Hall–Kier alpha value is -2.18. The summed E-state index contributed by atoms with van der Waals surface area (Å²) in [7, 11) is 0. The minimum atomic E-state index is -0.587. The highest BCUT2D eigenvalue weighted by molar-refractivity contribution is 7.20. The molecule has 0 atom stereocenters. The zero-order valence-electron chi connectivity index (χ0n) is 11.2. The summed E-state index contributed by atoms with van der Waals surface area (Å²) in [5.41, 5.74) is 6.05. The van der Waals surface area contributed by atoms with E-state index in [1.54, 1.807) is 24.3 Å². The van der Waals surface area contributed by atoms with E-state index in [0.29, 0.717) is 16.0 Å². The molecule has 22 heavy (non-hydrogen) atoms. The van der Waals surface area contributed by atoms with Crippen LogP contribution in [0.3, 0.4) is 0 Å². The fourth-order valence-corrected chi connectivity index (χ4v) is 3.06. The zero-order chi connectivity index (χ0) is 15.7. The number of aromatic nitrogens is 1. The second kappa shape index (κ2) is 5.90. The van der Waals surface area contributed by atoms with Crippen molar-refractivity contribution in [2.24, 2.45) is 5.73 Å². The first-order chi connectivity index (χ1) is 10.5. The lowest BCUT2D eigenvalue weighted by Crippen LogP contribution is -2.14. The van der Waals surface area contributed by atoms with E-state index in [1.807, 2.05) is 0 Å². The predicted molar refractivity (Wildman–Crippen MR) is 84.0 cm³/mol.